The highest BCUT2D eigenvalue weighted by molar-refractivity contribution is 5.92. The molecule has 1 unspecified atom stereocenters. The zero-order chi connectivity index (χ0) is 16.1. The Balaban J connectivity index is 1.77. The van der Waals surface area contributed by atoms with Crippen LogP contribution in [0.2, 0.25) is 0 Å². The summed E-state index contributed by atoms with van der Waals surface area (Å²) in [6, 6.07) is 5.38. The first kappa shape index (κ1) is 16.4. The highest BCUT2D eigenvalue weighted by Crippen LogP contribution is 2.09. The second-order valence-electron chi connectivity index (χ2n) is 5.45. The van der Waals surface area contributed by atoms with Crippen molar-refractivity contribution in [1.82, 2.24) is 9.80 Å². The second-order valence-corrected chi connectivity index (χ2v) is 5.45. The average Bonchev–Trinajstić information content (AvgIpc) is 2.49. The Labute approximate surface area is 129 Å². The van der Waals surface area contributed by atoms with Crippen LogP contribution in [-0.2, 0) is 9.59 Å². The van der Waals surface area contributed by atoms with Gasteiger partial charge in [0.2, 0.25) is 11.8 Å². The van der Waals surface area contributed by atoms with Crippen molar-refractivity contribution in [3.05, 3.63) is 30.1 Å². The van der Waals surface area contributed by atoms with Crippen LogP contribution in [0, 0.1) is 5.82 Å². The van der Waals surface area contributed by atoms with E-state index in [-0.39, 0.29) is 30.2 Å². The SMILES string of the molecule is CC(C(N)=O)N1CCN(CC(=O)Nc2ccc(F)cc2)CC1. The predicted octanol–water partition coefficient (Wildman–Crippen LogP) is 0.256. The van der Waals surface area contributed by atoms with Gasteiger partial charge in [0.25, 0.3) is 0 Å². The van der Waals surface area contributed by atoms with Gasteiger partial charge in [0.05, 0.1) is 12.6 Å². The number of amides is 2. The van der Waals surface area contributed by atoms with E-state index in [2.05, 4.69) is 5.32 Å². The molecule has 2 amide bonds. The molecule has 1 aromatic carbocycles. The molecule has 0 aliphatic carbocycles. The van der Waals surface area contributed by atoms with Crippen LogP contribution in [0.5, 0.6) is 0 Å². The molecule has 0 spiro atoms. The van der Waals surface area contributed by atoms with Crippen LogP contribution in [0.15, 0.2) is 24.3 Å². The molecule has 0 aromatic heterocycles. The van der Waals surface area contributed by atoms with E-state index in [0.717, 1.165) is 0 Å². The first-order valence-electron chi connectivity index (χ1n) is 7.27. The van der Waals surface area contributed by atoms with Gasteiger partial charge in [0, 0.05) is 31.9 Å². The molecule has 0 bridgehead atoms. The Morgan fingerprint density at radius 3 is 2.36 bits per heavy atom. The Morgan fingerprint density at radius 2 is 1.82 bits per heavy atom. The molecule has 1 aliphatic heterocycles. The summed E-state index contributed by atoms with van der Waals surface area (Å²) >= 11 is 0. The number of anilines is 1. The van der Waals surface area contributed by atoms with E-state index in [1.54, 1.807) is 6.92 Å². The first-order chi connectivity index (χ1) is 10.5. The van der Waals surface area contributed by atoms with Gasteiger partial charge in [0.15, 0.2) is 0 Å². The largest absolute Gasteiger partial charge is 0.368 e. The third-order valence-electron chi connectivity index (χ3n) is 3.86. The summed E-state index contributed by atoms with van der Waals surface area (Å²) in [5.41, 5.74) is 5.87. The first-order valence-corrected chi connectivity index (χ1v) is 7.27. The Kier molecular flexibility index (Phi) is 5.46. The summed E-state index contributed by atoms with van der Waals surface area (Å²) in [4.78, 5) is 27.1. The molecule has 120 valence electrons. The number of nitrogens with one attached hydrogen (secondary N) is 1. The van der Waals surface area contributed by atoms with E-state index >= 15 is 0 Å². The molecule has 1 aliphatic rings. The smallest absolute Gasteiger partial charge is 0.238 e. The van der Waals surface area contributed by atoms with Gasteiger partial charge in [-0.1, -0.05) is 0 Å². The fraction of sp³-hybridized carbons (Fsp3) is 0.467. The molecular formula is C15H21FN4O2. The van der Waals surface area contributed by atoms with E-state index < -0.39 is 0 Å². The van der Waals surface area contributed by atoms with E-state index in [0.29, 0.717) is 31.9 Å². The van der Waals surface area contributed by atoms with Crippen molar-refractivity contribution in [2.45, 2.75) is 13.0 Å². The topological polar surface area (TPSA) is 78.7 Å². The molecule has 6 nitrogen and oxygen atoms in total. The van der Waals surface area contributed by atoms with Gasteiger partial charge in [-0.3, -0.25) is 19.4 Å². The number of carbonyl (C=O) groups is 2. The molecule has 22 heavy (non-hydrogen) atoms. The summed E-state index contributed by atoms with van der Waals surface area (Å²) < 4.78 is 12.8. The monoisotopic (exact) mass is 308 g/mol. The number of nitrogens with two attached hydrogens (primary N) is 1. The molecule has 1 fully saturated rings. The number of piperazine rings is 1. The zero-order valence-electron chi connectivity index (χ0n) is 12.6. The minimum Gasteiger partial charge on any atom is -0.368 e. The highest BCUT2D eigenvalue weighted by Gasteiger charge is 2.24. The number of halogens is 1. The van der Waals surface area contributed by atoms with Crippen molar-refractivity contribution < 1.29 is 14.0 Å². The third kappa shape index (κ3) is 4.51. The number of nitrogens with zero attached hydrogens (tertiary/aromatic N) is 2. The third-order valence-corrected chi connectivity index (χ3v) is 3.86. The van der Waals surface area contributed by atoms with E-state index in [9.17, 15) is 14.0 Å². The Hall–Kier alpha value is -1.99. The summed E-state index contributed by atoms with van der Waals surface area (Å²) in [5.74, 6) is -0.803. The fourth-order valence-electron chi connectivity index (χ4n) is 2.43. The van der Waals surface area contributed by atoms with Crippen LogP contribution in [0.4, 0.5) is 10.1 Å². The Bertz CT molecular complexity index is 527. The number of hydrogen-bond donors (Lipinski definition) is 2. The van der Waals surface area contributed by atoms with Gasteiger partial charge in [-0.05, 0) is 31.2 Å². The van der Waals surface area contributed by atoms with Crippen molar-refractivity contribution in [3.63, 3.8) is 0 Å². The van der Waals surface area contributed by atoms with Gasteiger partial charge < -0.3 is 11.1 Å². The normalized spacial score (nSPS) is 17.9. The van der Waals surface area contributed by atoms with Crippen LogP contribution >= 0.6 is 0 Å². The quantitative estimate of drug-likeness (QED) is 0.817. The molecule has 1 saturated heterocycles. The second kappa shape index (κ2) is 7.33. The maximum atomic E-state index is 12.8. The fourth-order valence-corrected chi connectivity index (χ4v) is 2.43. The molecular weight excluding hydrogens is 287 g/mol. The standard InChI is InChI=1S/C15H21FN4O2/c1-11(15(17)22)20-8-6-19(7-9-20)10-14(21)18-13-4-2-12(16)3-5-13/h2-5,11H,6-10H2,1H3,(H2,17,22)(H,18,21). The number of hydrogen-bond acceptors (Lipinski definition) is 4. The van der Waals surface area contributed by atoms with Crippen LogP contribution in [0.3, 0.4) is 0 Å². The summed E-state index contributed by atoms with van der Waals surface area (Å²) in [6.45, 7) is 4.88. The molecule has 0 saturated carbocycles. The van der Waals surface area contributed by atoms with E-state index in [1.807, 2.05) is 9.80 Å². The van der Waals surface area contributed by atoms with Gasteiger partial charge in [-0.15, -0.1) is 0 Å². The number of carbonyl (C=O) groups excluding carboxylic acids is 2. The number of benzene rings is 1. The molecule has 2 rings (SSSR count). The molecule has 7 heteroatoms. The zero-order valence-corrected chi connectivity index (χ0v) is 12.6. The average molecular weight is 308 g/mol. The van der Waals surface area contributed by atoms with Crippen LogP contribution in [0.25, 0.3) is 0 Å². The Morgan fingerprint density at radius 1 is 1.23 bits per heavy atom. The van der Waals surface area contributed by atoms with Gasteiger partial charge in [-0.25, -0.2) is 4.39 Å². The molecule has 1 heterocycles. The predicted molar refractivity (Wildman–Crippen MR) is 81.7 cm³/mol. The lowest BCUT2D eigenvalue weighted by atomic mass is 10.2. The number of rotatable bonds is 5. The highest BCUT2D eigenvalue weighted by atomic mass is 19.1. The molecule has 0 radical (unpaired) electrons. The van der Waals surface area contributed by atoms with Crippen molar-refractivity contribution in [3.8, 4) is 0 Å². The lowest BCUT2D eigenvalue weighted by Gasteiger charge is -2.36. The van der Waals surface area contributed by atoms with Crippen LogP contribution in [-0.4, -0.2) is 60.4 Å². The van der Waals surface area contributed by atoms with Crippen LogP contribution < -0.4 is 11.1 Å². The van der Waals surface area contributed by atoms with E-state index in [4.69, 9.17) is 5.73 Å². The van der Waals surface area contributed by atoms with Crippen LogP contribution in [0.1, 0.15) is 6.92 Å². The van der Waals surface area contributed by atoms with Crippen molar-refractivity contribution >= 4 is 17.5 Å². The maximum Gasteiger partial charge on any atom is 0.238 e. The van der Waals surface area contributed by atoms with Gasteiger partial charge in [-0.2, -0.15) is 0 Å². The number of primary amides is 1. The lowest BCUT2D eigenvalue weighted by molar-refractivity contribution is -0.124. The van der Waals surface area contributed by atoms with Crippen molar-refractivity contribution in [2.24, 2.45) is 5.73 Å². The minimum atomic E-state index is -0.335. The van der Waals surface area contributed by atoms with Crippen molar-refractivity contribution in [2.75, 3.05) is 38.0 Å². The van der Waals surface area contributed by atoms with Crippen molar-refractivity contribution in [1.29, 1.82) is 0 Å². The molecule has 1 atom stereocenters. The summed E-state index contributed by atoms with van der Waals surface area (Å²) in [5, 5.41) is 2.73. The summed E-state index contributed by atoms with van der Waals surface area (Å²) in [7, 11) is 0. The maximum absolute atomic E-state index is 12.8. The van der Waals surface area contributed by atoms with Gasteiger partial charge in [0.1, 0.15) is 5.82 Å². The lowest BCUT2D eigenvalue weighted by Crippen LogP contribution is -2.54. The summed E-state index contributed by atoms with van der Waals surface area (Å²) in [6.07, 6.45) is 0. The molecule has 3 N–H and O–H groups in total. The minimum absolute atomic E-state index is 0.136. The molecule has 1 aromatic rings. The van der Waals surface area contributed by atoms with E-state index in [1.165, 1.54) is 24.3 Å². The van der Waals surface area contributed by atoms with Gasteiger partial charge >= 0.3 is 0 Å².